The summed E-state index contributed by atoms with van der Waals surface area (Å²) in [5, 5.41) is 11.0. The highest BCUT2D eigenvalue weighted by molar-refractivity contribution is 7.99. The Labute approximate surface area is 186 Å². The Balaban J connectivity index is 1.76. The number of alkyl halides is 3. The first-order valence-corrected chi connectivity index (χ1v) is 10.5. The zero-order chi connectivity index (χ0) is 22.6. The van der Waals surface area contributed by atoms with Gasteiger partial charge in [-0.1, -0.05) is 53.2 Å². The van der Waals surface area contributed by atoms with E-state index in [0.717, 1.165) is 35.0 Å². The van der Waals surface area contributed by atoms with E-state index in [0.29, 0.717) is 17.5 Å². The van der Waals surface area contributed by atoms with Crippen LogP contribution in [0, 0.1) is 6.92 Å². The third kappa shape index (κ3) is 5.68. The number of hydrogen-bond acceptors (Lipinski definition) is 4. The van der Waals surface area contributed by atoms with Gasteiger partial charge in [0.05, 0.1) is 17.0 Å². The van der Waals surface area contributed by atoms with Gasteiger partial charge in [0.15, 0.2) is 11.0 Å². The molecule has 3 aromatic rings. The van der Waals surface area contributed by atoms with E-state index in [1.165, 1.54) is 6.07 Å². The van der Waals surface area contributed by atoms with Crippen LogP contribution in [-0.2, 0) is 17.5 Å². The van der Waals surface area contributed by atoms with Crippen molar-refractivity contribution in [2.24, 2.45) is 0 Å². The summed E-state index contributed by atoms with van der Waals surface area (Å²) in [5.74, 6) is -0.144. The second-order valence-corrected chi connectivity index (χ2v) is 7.98. The number of carbonyl (C=O) groups is 1. The van der Waals surface area contributed by atoms with E-state index < -0.39 is 17.6 Å². The quantitative estimate of drug-likeness (QED) is 0.351. The van der Waals surface area contributed by atoms with Crippen molar-refractivity contribution in [1.82, 2.24) is 14.8 Å². The number of allylic oxidation sites excluding steroid dienone is 1. The number of thioether (sulfide) groups is 1. The van der Waals surface area contributed by atoms with Crippen LogP contribution in [0.15, 0.2) is 60.3 Å². The Kier molecular flexibility index (Phi) is 7.07. The minimum Gasteiger partial charge on any atom is -0.325 e. The molecule has 1 amide bonds. The average Bonchev–Trinajstić information content (AvgIpc) is 3.10. The third-order valence-electron chi connectivity index (χ3n) is 4.20. The Morgan fingerprint density at radius 3 is 2.71 bits per heavy atom. The molecule has 10 heteroatoms. The lowest BCUT2D eigenvalue weighted by Gasteiger charge is -2.14. The molecule has 0 aliphatic rings. The minimum atomic E-state index is -4.65. The molecular weight excluding hydrogens is 449 g/mol. The molecule has 0 aliphatic carbocycles. The molecule has 0 aliphatic heterocycles. The van der Waals surface area contributed by atoms with Crippen LogP contribution in [0.25, 0.3) is 11.4 Å². The van der Waals surface area contributed by atoms with Gasteiger partial charge >= 0.3 is 6.18 Å². The molecule has 0 spiro atoms. The first kappa shape index (κ1) is 22.9. The number of rotatable bonds is 7. The van der Waals surface area contributed by atoms with Gasteiger partial charge in [-0.15, -0.1) is 16.8 Å². The second-order valence-electron chi connectivity index (χ2n) is 6.60. The zero-order valence-electron chi connectivity index (χ0n) is 16.4. The summed E-state index contributed by atoms with van der Waals surface area (Å²) in [5.41, 5.74) is 0.565. The molecule has 1 N–H and O–H groups in total. The largest absolute Gasteiger partial charge is 0.418 e. The summed E-state index contributed by atoms with van der Waals surface area (Å²) >= 11 is 6.74. The maximum Gasteiger partial charge on any atom is 0.418 e. The van der Waals surface area contributed by atoms with E-state index >= 15 is 0 Å². The van der Waals surface area contributed by atoms with Crippen LogP contribution in [0.5, 0.6) is 0 Å². The van der Waals surface area contributed by atoms with Crippen LogP contribution < -0.4 is 5.32 Å². The number of nitrogens with one attached hydrogen (secondary N) is 1. The summed E-state index contributed by atoms with van der Waals surface area (Å²) < 4.78 is 41.4. The third-order valence-corrected chi connectivity index (χ3v) is 5.40. The number of amides is 1. The lowest BCUT2D eigenvalue weighted by Crippen LogP contribution is -2.18. The van der Waals surface area contributed by atoms with E-state index in [1.807, 2.05) is 31.2 Å². The lowest BCUT2D eigenvalue weighted by molar-refractivity contribution is -0.137. The van der Waals surface area contributed by atoms with Gasteiger partial charge in [0.2, 0.25) is 5.91 Å². The number of aryl methyl sites for hydroxylation is 1. The van der Waals surface area contributed by atoms with Crippen LogP contribution in [0.1, 0.15) is 11.1 Å². The number of nitrogens with zero attached hydrogens (tertiary/aromatic N) is 3. The highest BCUT2D eigenvalue weighted by Gasteiger charge is 2.34. The molecule has 5 nitrogen and oxygen atoms in total. The molecule has 162 valence electrons. The number of anilines is 1. The zero-order valence-corrected chi connectivity index (χ0v) is 18.0. The Morgan fingerprint density at radius 2 is 2.03 bits per heavy atom. The molecule has 1 aromatic heterocycles. The molecule has 0 fully saturated rings. The van der Waals surface area contributed by atoms with Crippen molar-refractivity contribution in [2.75, 3.05) is 11.1 Å². The van der Waals surface area contributed by atoms with E-state index in [1.54, 1.807) is 10.6 Å². The first-order valence-electron chi connectivity index (χ1n) is 9.09. The van der Waals surface area contributed by atoms with Gasteiger partial charge < -0.3 is 5.32 Å². The molecule has 0 radical (unpaired) electrons. The fraction of sp³-hybridized carbons (Fsp3) is 0.190. The predicted octanol–water partition coefficient (Wildman–Crippen LogP) is 5.84. The van der Waals surface area contributed by atoms with E-state index in [9.17, 15) is 18.0 Å². The first-order chi connectivity index (χ1) is 14.7. The van der Waals surface area contributed by atoms with Gasteiger partial charge in [0, 0.05) is 17.1 Å². The number of benzene rings is 2. The molecule has 0 atom stereocenters. The highest BCUT2D eigenvalue weighted by Crippen LogP contribution is 2.36. The summed E-state index contributed by atoms with van der Waals surface area (Å²) in [6.07, 6.45) is -2.97. The van der Waals surface area contributed by atoms with Gasteiger partial charge in [-0.2, -0.15) is 13.2 Å². The molecule has 0 unspecified atom stereocenters. The smallest absolute Gasteiger partial charge is 0.325 e. The van der Waals surface area contributed by atoms with Gasteiger partial charge in [0.25, 0.3) is 0 Å². The molecule has 1 heterocycles. The van der Waals surface area contributed by atoms with Crippen LogP contribution in [0.4, 0.5) is 18.9 Å². The lowest BCUT2D eigenvalue weighted by atomic mass is 10.1. The monoisotopic (exact) mass is 466 g/mol. The fourth-order valence-electron chi connectivity index (χ4n) is 2.86. The summed E-state index contributed by atoms with van der Waals surface area (Å²) in [6.45, 7) is 6.11. The van der Waals surface area contributed by atoms with Crippen LogP contribution in [-0.4, -0.2) is 26.4 Å². The average molecular weight is 467 g/mol. The summed E-state index contributed by atoms with van der Waals surface area (Å²) in [6, 6.07) is 10.9. The SMILES string of the molecule is C=CCn1c(SCC(=O)Nc2ccc(Cl)cc2C(F)(F)F)nnc1-c1cccc(C)c1. The van der Waals surface area contributed by atoms with Crippen LogP contribution in [0.3, 0.4) is 0 Å². The number of halogens is 4. The molecule has 0 saturated heterocycles. The Hall–Kier alpha value is -2.78. The summed E-state index contributed by atoms with van der Waals surface area (Å²) in [7, 11) is 0. The molecule has 0 bridgehead atoms. The topological polar surface area (TPSA) is 59.8 Å². The van der Waals surface area contributed by atoms with Crippen LogP contribution in [0.2, 0.25) is 5.02 Å². The van der Waals surface area contributed by atoms with Gasteiger partial charge in [-0.3, -0.25) is 9.36 Å². The minimum absolute atomic E-state index is 0.0686. The number of carbonyl (C=O) groups excluding carboxylic acids is 1. The van der Waals surface area contributed by atoms with Crippen molar-refractivity contribution in [3.63, 3.8) is 0 Å². The van der Waals surface area contributed by atoms with Gasteiger partial charge in [0.1, 0.15) is 0 Å². The van der Waals surface area contributed by atoms with Crippen molar-refractivity contribution in [3.8, 4) is 11.4 Å². The molecule has 31 heavy (non-hydrogen) atoms. The van der Waals surface area contributed by atoms with Crippen molar-refractivity contribution in [2.45, 2.75) is 24.8 Å². The van der Waals surface area contributed by atoms with Crippen LogP contribution >= 0.6 is 23.4 Å². The van der Waals surface area contributed by atoms with Crippen molar-refractivity contribution < 1.29 is 18.0 Å². The number of aromatic nitrogens is 3. The normalized spacial score (nSPS) is 11.4. The van der Waals surface area contributed by atoms with Crippen molar-refractivity contribution in [3.05, 3.63) is 71.3 Å². The van der Waals surface area contributed by atoms with Gasteiger partial charge in [-0.05, 0) is 31.2 Å². The molecular formula is C21H18ClF3N4OS. The summed E-state index contributed by atoms with van der Waals surface area (Å²) in [4.78, 5) is 12.3. The predicted molar refractivity (Wildman–Crippen MR) is 116 cm³/mol. The standard InChI is InChI=1S/C21H18ClF3N4OS/c1-3-9-29-19(14-6-4-5-13(2)10-14)27-28-20(29)31-12-18(30)26-17-8-7-15(22)11-16(17)21(23,24)25/h3-8,10-11H,1,9,12H2,2H3,(H,26,30). The van der Waals surface area contributed by atoms with Gasteiger partial charge in [-0.25, -0.2) is 0 Å². The molecule has 0 saturated carbocycles. The maximum atomic E-state index is 13.2. The second kappa shape index (κ2) is 9.57. The van der Waals surface area contributed by atoms with Crippen molar-refractivity contribution in [1.29, 1.82) is 0 Å². The Morgan fingerprint density at radius 1 is 1.26 bits per heavy atom. The van der Waals surface area contributed by atoms with E-state index in [4.69, 9.17) is 11.6 Å². The molecule has 3 rings (SSSR count). The fourth-order valence-corrected chi connectivity index (χ4v) is 3.78. The number of hydrogen-bond donors (Lipinski definition) is 1. The molecule has 2 aromatic carbocycles. The van der Waals surface area contributed by atoms with E-state index in [-0.39, 0.29) is 16.5 Å². The highest BCUT2D eigenvalue weighted by atomic mass is 35.5. The maximum absolute atomic E-state index is 13.2. The van der Waals surface area contributed by atoms with Crippen molar-refractivity contribution >= 4 is 35.0 Å². The Bertz CT molecular complexity index is 1110. The van der Waals surface area contributed by atoms with E-state index in [2.05, 4.69) is 22.1 Å².